The zero-order valence-corrected chi connectivity index (χ0v) is 40.0. The van der Waals surface area contributed by atoms with E-state index >= 15 is 0 Å². The third-order valence-corrected chi connectivity index (χ3v) is 15.8. The first kappa shape index (κ1) is 41.3. The Kier molecular flexibility index (Phi) is 9.21. The number of para-hydroxylation sites is 4. The van der Waals surface area contributed by atoms with Gasteiger partial charge in [-0.1, -0.05) is 218 Å². The van der Waals surface area contributed by atoms with Gasteiger partial charge in [-0.05, 0) is 144 Å². The summed E-state index contributed by atoms with van der Waals surface area (Å²) in [6.07, 6.45) is 0. The van der Waals surface area contributed by atoms with Crippen molar-refractivity contribution in [1.82, 2.24) is 4.57 Å². The van der Waals surface area contributed by atoms with Crippen LogP contribution in [0.3, 0.4) is 0 Å². The van der Waals surface area contributed by atoms with Gasteiger partial charge in [0.15, 0.2) is 0 Å². The predicted molar refractivity (Wildman–Crippen MR) is 306 cm³/mol. The summed E-state index contributed by atoms with van der Waals surface area (Å²) in [6.45, 7) is 0. The van der Waals surface area contributed by atoms with Crippen molar-refractivity contribution in [3.63, 3.8) is 0 Å². The highest BCUT2D eigenvalue weighted by molar-refractivity contribution is 6.13. The van der Waals surface area contributed by atoms with Crippen LogP contribution in [-0.2, 0) is 5.41 Å². The van der Waals surface area contributed by atoms with Gasteiger partial charge in [0, 0.05) is 27.7 Å². The van der Waals surface area contributed by atoms with Crippen LogP contribution in [0.1, 0.15) is 22.3 Å². The molecule has 0 amide bonds. The Morgan fingerprint density at radius 2 is 0.822 bits per heavy atom. The molecule has 2 nitrogen and oxygen atoms in total. The third kappa shape index (κ3) is 6.24. The van der Waals surface area contributed by atoms with E-state index in [1.807, 2.05) is 0 Å². The van der Waals surface area contributed by atoms with Crippen molar-refractivity contribution >= 4 is 49.6 Å². The fraction of sp³-hybridized carbons (Fsp3) is 0.0141. The Balaban J connectivity index is 0.870. The second kappa shape index (κ2) is 16.3. The highest BCUT2D eigenvalue weighted by atomic mass is 15.1. The molecule has 12 aromatic carbocycles. The SMILES string of the molecule is c1ccc(-c2ccc(N(c3ccc4cc(-c5ccc6c(c5)C5(c7ccccc7-6)c6ccccc6-n6c7ccccc7c7cccc5c76)ccc4c3)c3ccccc3-c3cccc(-c4ccccc4)c3)cc2)cc1. The van der Waals surface area contributed by atoms with Gasteiger partial charge < -0.3 is 9.47 Å². The predicted octanol–water partition coefficient (Wildman–Crippen LogP) is 18.8. The van der Waals surface area contributed by atoms with Gasteiger partial charge in [-0.3, -0.25) is 0 Å². The molecule has 15 rings (SSSR count). The summed E-state index contributed by atoms with van der Waals surface area (Å²) < 4.78 is 2.52. The molecular formula is C71H46N2. The van der Waals surface area contributed by atoms with Gasteiger partial charge in [0.05, 0.1) is 27.8 Å². The lowest BCUT2D eigenvalue weighted by Gasteiger charge is -2.39. The number of anilines is 3. The monoisotopic (exact) mass is 926 g/mol. The average molecular weight is 927 g/mol. The maximum atomic E-state index is 2.52. The largest absolute Gasteiger partial charge is 0.310 e. The number of rotatable bonds is 7. The van der Waals surface area contributed by atoms with E-state index in [1.54, 1.807) is 0 Å². The molecule has 73 heavy (non-hydrogen) atoms. The minimum atomic E-state index is -0.504. The molecule has 2 heteroatoms. The Morgan fingerprint density at radius 3 is 1.67 bits per heavy atom. The van der Waals surface area contributed by atoms with E-state index in [1.165, 1.54) is 111 Å². The number of hydrogen-bond donors (Lipinski definition) is 0. The maximum absolute atomic E-state index is 2.52. The van der Waals surface area contributed by atoms with Gasteiger partial charge in [-0.15, -0.1) is 0 Å². The van der Waals surface area contributed by atoms with E-state index < -0.39 is 5.41 Å². The van der Waals surface area contributed by atoms with E-state index in [-0.39, 0.29) is 0 Å². The van der Waals surface area contributed by atoms with Crippen LogP contribution in [0.2, 0.25) is 0 Å². The van der Waals surface area contributed by atoms with Crippen molar-refractivity contribution in [2.45, 2.75) is 5.41 Å². The Bertz CT molecular complexity index is 4320. The number of benzene rings is 12. The lowest BCUT2D eigenvalue weighted by molar-refractivity contribution is 0.749. The molecule has 0 N–H and O–H groups in total. The highest BCUT2D eigenvalue weighted by Gasteiger charge is 2.50. The van der Waals surface area contributed by atoms with E-state index in [9.17, 15) is 0 Å². The van der Waals surface area contributed by atoms with Crippen LogP contribution >= 0.6 is 0 Å². The van der Waals surface area contributed by atoms with E-state index in [4.69, 9.17) is 0 Å². The summed E-state index contributed by atoms with van der Waals surface area (Å²) in [6, 6.07) is 103. The van der Waals surface area contributed by atoms with Crippen molar-refractivity contribution in [3.05, 3.63) is 301 Å². The van der Waals surface area contributed by atoms with Crippen LogP contribution in [0.4, 0.5) is 17.1 Å². The zero-order chi connectivity index (χ0) is 48.0. The first-order valence-corrected chi connectivity index (χ1v) is 25.3. The molecule has 0 bridgehead atoms. The summed E-state index contributed by atoms with van der Waals surface area (Å²) in [5.74, 6) is 0. The molecule has 1 aromatic heterocycles. The molecule has 1 aliphatic heterocycles. The van der Waals surface area contributed by atoms with Crippen LogP contribution in [0.25, 0.3) is 93.9 Å². The fourth-order valence-corrected chi connectivity index (χ4v) is 12.6. The fourth-order valence-electron chi connectivity index (χ4n) is 12.6. The van der Waals surface area contributed by atoms with Crippen molar-refractivity contribution in [1.29, 1.82) is 0 Å². The topological polar surface area (TPSA) is 8.17 Å². The smallest absolute Gasteiger partial charge is 0.0754 e. The quantitative estimate of drug-likeness (QED) is 0.155. The van der Waals surface area contributed by atoms with Crippen LogP contribution in [0.5, 0.6) is 0 Å². The lowest BCUT2D eigenvalue weighted by atomic mass is 9.65. The minimum absolute atomic E-state index is 0.504. The molecule has 1 atom stereocenters. The minimum Gasteiger partial charge on any atom is -0.310 e. The van der Waals surface area contributed by atoms with Crippen LogP contribution in [0, 0.1) is 0 Å². The van der Waals surface area contributed by atoms with E-state index in [0.29, 0.717) is 0 Å². The summed E-state index contributed by atoms with van der Waals surface area (Å²) in [5, 5.41) is 4.95. The summed E-state index contributed by atoms with van der Waals surface area (Å²) in [5.41, 5.74) is 24.0. The van der Waals surface area contributed by atoms with Crippen molar-refractivity contribution in [2.24, 2.45) is 0 Å². The molecule has 2 heterocycles. The van der Waals surface area contributed by atoms with Gasteiger partial charge in [0.2, 0.25) is 0 Å². The standard InChI is InChI=1S/C71H46N2/c1-3-17-47(18-4-1)49-35-39-56(40-36-49)72(67-30-12-8-23-58(67)55-22-15-21-50(44-55)48-19-5-2-6-20-48)57-41-37-52-43-51(33-34-53(52)45-57)54-38-42-60-59-24-7-10-27-63(59)71(66(60)46-54)64-28-11-14-32-69(64)73-68-31-13-9-25-61(68)62-26-16-29-65(71)70(62)73/h1-46H. The van der Waals surface area contributed by atoms with E-state index in [0.717, 1.165) is 22.6 Å². The van der Waals surface area contributed by atoms with Crippen molar-refractivity contribution in [2.75, 3.05) is 4.90 Å². The Hall–Kier alpha value is -9.50. The van der Waals surface area contributed by atoms with Gasteiger partial charge in [-0.2, -0.15) is 0 Å². The second-order valence-electron chi connectivity index (χ2n) is 19.6. The molecule has 1 spiro atoms. The molecule has 1 aliphatic carbocycles. The van der Waals surface area contributed by atoms with Gasteiger partial charge in [0.1, 0.15) is 0 Å². The zero-order valence-electron chi connectivity index (χ0n) is 40.0. The number of nitrogens with zero attached hydrogens (tertiary/aromatic N) is 2. The van der Waals surface area contributed by atoms with Gasteiger partial charge >= 0.3 is 0 Å². The normalized spacial score (nSPS) is 14.1. The second-order valence-corrected chi connectivity index (χ2v) is 19.6. The van der Waals surface area contributed by atoms with Crippen molar-refractivity contribution in [3.8, 4) is 61.3 Å². The third-order valence-electron chi connectivity index (χ3n) is 15.8. The first-order valence-electron chi connectivity index (χ1n) is 25.3. The maximum Gasteiger partial charge on any atom is 0.0754 e. The number of hydrogen-bond acceptors (Lipinski definition) is 1. The highest BCUT2D eigenvalue weighted by Crippen LogP contribution is 2.61. The average Bonchev–Trinajstić information content (AvgIpc) is 3.96. The first-order chi connectivity index (χ1) is 36.2. The molecule has 0 saturated carbocycles. The van der Waals surface area contributed by atoms with E-state index in [2.05, 4.69) is 289 Å². The Labute approximate surface area is 425 Å². The molecule has 1 unspecified atom stereocenters. The number of fused-ring (bicyclic) bond motifs is 13. The molecular weight excluding hydrogens is 881 g/mol. The summed E-state index contributed by atoms with van der Waals surface area (Å²) in [4.78, 5) is 2.42. The number of aromatic nitrogens is 1. The molecule has 0 saturated heterocycles. The Morgan fingerprint density at radius 1 is 0.288 bits per heavy atom. The molecule has 13 aromatic rings. The van der Waals surface area contributed by atoms with Crippen molar-refractivity contribution < 1.29 is 0 Å². The van der Waals surface area contributed by atoms with Gasteiger partial charge in [-0.25, -0.2) is 0 Å². The van der Waals surface area contributed by atoms with Crippen LogP contribution < -0.4 is 4.90 Å². The van der Waals surface area contributed by atoms with Crippen LogP contribution in [-0.4, -0.2) is 4.57 Å². The summed E-state index contributed by atoms with van der Waals surface area (Å²) >= 11 is 0. The lowest BCUT2D eigenvalue weighted by Crippen LogP contribution is -2.33. The molecule has 0 radical (unpaired) electrons. The molecule has 340 valence electrons. The van der Waals surface area contributed by atoms with Crippen LogP contribution in [0.15, 0.2) is 279 Å². The summed E-state index contributed by atoms with van der Waals surface area (Å²) in [7, 11) is 0. The molecule has 0 fully saturated rings. The van der Waals surface area contributed by atoms with Gasteiger partial charge in [0.25, 0.3) is 0 Å². The molecule has 2 aliphatic rings.